The quantitative estimate of drug-likeness (QED) is 0.597. The van der Waals surface area contributed by atoms with Crippen molar-refractivity contribution in [2.75, 3.05) is 11.9 Å². The van der Waals surface area contributed by atoms with Gasteiger partial charge in [-0.15, -0.1) is 11.3 Å². The molecule has 0 radical (unpaired) electrons. The number of nitrogens with two attached hydrogens (primary N) is 1. The number of aromatic nitrogens is 1. The molecule has 9 heteroatoms. The van der Waals surface area contributed by atoms with Crippen LogP contribution in [0, 0.1) is 13.8 Å². The standard InChI is InChI=1S/C20H21N3O4S2/c1-13-3-7-16(8-4-13)27-12-19(24)23-20-22-14(2)18(28-20)11-15-5-9-17(10-6-15)29(21,25)26/h3-10H,11-12H2,1-2H3,(H2,21,25,26)(H,22,23,24). The number of benzene rings is 2. The van der Waals surface area contributed by atoms with E-state index in [1.807, 2.05) is 38.1 Å². The summed E-state index contributed by atoms with van der Waals surface area (Å²) in [7, 11) is -3.71. The number of sulfonamides is 1. The minimum absolute atomic E-state index is 0.0730. The number of aryl methyl sites for hydroxylation is 2. The highest BCUT2D eigenvalue weighted by atomic mass is 32.2. The van der Waals surface area contributed by atoms with Crippen LogP contribution in [0.15, 0.2) is 53.4 Å². The zero-order valence-electron chi connectivity index (χ0n) is 16.0. The summed E-state index contributed by atoms with van der Waals surface area (Å²) < 4.78 is 28.2. The van der Waals surface area contributed by atoms with Crippen molar-refractivity contribution >= 4 is 32.4 Å². The van der Waals surface area contributed by atoms with Crippen LogP contribution in [0.3, 0.4) is 0 Å². The Kier molecular flexibility index (Phi) is 6.31. The predicted octanol–water partition coefficient (Wildman–Crippen LogP) is 3.02. The molecule has 0 bridgehead atoms. The van der Waals surface area contributed by atoms with Crippen LogP contribution in [-0.4, -0.2) is 25.9 Å². The van der Waals surface area contributed by atoms with Crippen molar-refractivity contribution in [3.63, 3.8) is 0 Å². The van der Waals surface area contributed by atoms with Gasteiger partial charge in [0.15, 0.2) is 11.7 Å². The van der Waals surface area contributed by atoms with Crippen molar-refractivity contribution in [1.29, 1.82) is 0 Å². The summed E-state index contributed by atoms with van der Waals surface area (Å²) in [6.45, 7) is 3.74. The highest BCUT2D eigenvalue weighted by Gasteiger charge is 2.13. The molecule has 29 heavy (non-hydrogen) atoms. The summed E-state index contributed by atoms with van der Waals surface area (Å²) in [6.07, 6.45) is 0.574. The zero-order chi connectivity index (χ0) is 21.0. The van der Waals surface area contributed by atoms with Gasteiger partial charge < -0.3 is 4.74 Å². The van der Waals surface area contributed by atoms with Crippen LogP contribution in [-0.2, 0) is 21.2 Å². The number of nitrogens with one attached hydrogen (secondary N) is 1. The van der Waals surface area contributed by atoms with E-state index in [0.717, 1.165) is 21.7 Å². The molecule has 0 saturated carbocycles. The van der Waals surface area contributed by atoms with Gasteiger partial charge in [-0.2, -0.15) is 0 Å². The molecule has 1 amide bonds. The summed E-state index contributed by atoms with van der Waals surface area (Å²) in [5.74, 6) is 0.341. The van der Waals surface area contributed by atoms with Gasteiger partial charge in [0.25, 0.3) is 5.91 Å². The Hall–Kier alpha value is -2.75. The van der Waals surface area contributed by atoms with Crippen molar-refractivity contribution < 1.29 is 17.9 Å². The first-order valence-corrected chi connectivity index (χ1v) is 11.1. The first kappa shape index (κ1) is 21.0. The molecule has 0 saturated heterocycles. The minimum atomic E-state index is -3.71. The third kappa shape index (κ3) is 5.86. The third-order valence-electron chi connectivity index (χ3n) is 4.15. The monoisotopic (exact) mass is 431 g/mol. The molecule has 0 atom stereocenters. The molecule has 2 aromatic carbocycles. The average Bonchev–Trinajstić information content (AvgIpc) is 3.00. The number of ether oxygens (including phenoxy) is 1. The van der Waals surface area contributed by atoms with E-state index in [1.165, 1.54) is 23.5 Å². The second-order valence-corrected chi connectivity index (χ2v) is 9.19. The maximum absolute atomic E-state index is 12.1. The molecular weight excluding hydrogens is 410 g/mol. The summed E-state index contributed by atoms with van der Waals surface area (Å²) >= 11 is 1.37. The molecule has 3 aromatic rings. The lowest BCUT2D eigenvalue weighted by atomic mass is 10.1. The van der Waals surface area contributed by atoms with Crippen molar-refractivity contribution in [2.45, 2.75) is 25.2 Å². The SMILES string of the molecule is Cc1ccc(OCC(=O)Nc2nc(C)c(Cc3ccc(S(N)(=O)=O)cc3)s2)cc1. The molecule has 0 unspecified atom stereocenters. The van der Waals surface area contributed by atoms with E-state index in [0.29, 0.717) is 17.3 Å². The van der Waals surface area contributed by atoms with Crippen molar-refractivity contribution in [1.82, 2.24) is 4.98 Å². The minimum Gasteiger partial charge on any atom is -0.484 e. The van der Waals surface area contributed by atoms with E-state index >= 15 is 0 Å². The maximum Gasteiger partial charge on any atom is 0.264 e. The molecule has 0 aliphatic rings. The number of nitrogens with zero attached hydrogens (tertiary/aromatic N) is 1. The van der Waals surface area contributed by atoms with Gasteiger partial charge in [0.05, 0.1) is 10.6 Å². The van der Waals surface area contributed by atoms with E-state index in [2.05, 4.69) is 10.3 Å². The molecule has 152 valence electrons. The number of rotatable bonds is 7. The highest BCUT2D eigenvalue weighted by Crippen LogP contribution is 2.25. The number of primary sulfonamides is 1. The summed E-state index contributed by atoms with van der Waals surface area (Å²) in [6, 6.07) is 13.8. The van der Waals surface area contributed by atoms with Gasteiger partial charge in [-0.05, 0) is 43.7 Å². The summed E-state index contributed by atoms with van der Waals surface area (Å²) in [4.78, 5) is 17.6. The molecule has 0 aliphatic carbocycles. The van der Waals surface area contributed by atoms with Crippen LogP contribution < -0.4 is 15.2 Å². The molecular formula is C20H21N3O4S2. The van der Waals surface area contributed by atoms with Crippen LogP contribution in [0.5, 0.6) is 5.75 Å². The fourth-order valence-electron chi connectivity index (χ4n) is 2.57. The topological polar surface area (TPSA) is 111 Å². The Balaban J connectivity index is 1.59. The molecule has 3 N–H and O–H groups in total. The van der Waals surface area contributed by atoms with E-state index in [-0.39, 0.29) is 17.4 Å². The summed E-state index contributed by atoms with van der Waals surface area (Å²) in [5.41, 5.74) is 2.84. The normalized spacial score (nSPS) is 11.3. The Morgan fingerprint density at radius 2 is 1.76 bits per heavy atom. The van der Waals surface area contributed by atoms with Gasteiger partial charge in [0.1, 0.15) is 5.75 Å². The van der Waals surface area contributed by atoms with Crippen LogP contribution >= 0.6 is 11.3 Å². The van der Waals surface area contributed by atoms with Crippen LogP contribution in [0.1, 0.15) is 21.7 Å². The largest absolute Gasteiger partial charge is 0.484 e. The van der Waals surface area contributed by atoms with E-state index in [9.17, 15) is 13.2 Å². The fourth-order valence-corrected chi connectivity index (χ4v) is 4.10. The Morgan fingerprint density at radius 3 is 2.38 bits per heavy atom. The molecule has 0 fully saturated rings. The number of hydrogen-bond acceptors (Lipinski definition) is 6. The number of carbonyl (C=O) groups excluding carboxylic acids is 1. The first-order chi connectivity index (χ1) is 13.7. The molecule has 1 heterocycles. The van der Waals surface area contributed by atoms with Gasteiger partial charge in [-0.3, -0.25) is 10.1 Å². The summed E-state index contributed by atoms with van der Waals surface area (Å²) in [5, 5.41) is 8.36. The van der Waals surface area contributed by atoms with Gasteiger partial charge in [0, 0.05) is 11.3 Å². The third-order valence-corrected chi connectivity index (χ3v) is 6.15. The maximum atomic E-state index is 12.1. The average molecular weight is 432 g/mol. The van der Waals surface area contributed by atoms with Gasteiger partial charge in [0.2, 0.25) is 10.0 Å². The van der Waals surface area contributed by atoms with Crippen molar-refractivity contribution in [2.24, 2.45) is 5.14 Å². The molecule has 7 nitrogen and oxygen atoms in total. The first-order valence-electron chi connectivity index (χ1n) is 8.78. The lowest BCUT2D eigenvalue weighted by Crippen LogP contribution is -2.20. The number of anilines is 1. The lowest BCUT2D eigenvalue weighted by Gasteiger charge is -2.05. The van der Waals surface area contributed by atoms with E-state index in [4.69, 9.17) is 9.88 Å². The van der Waals surface area contributed by atoms with E-state index < -0.39 is 10.0 Å². The van der Waals surface area contributed by atoms with Crippen molar-refractivity contribution in [3.8, 4) is 5.75 Å². The number of carbonyl (C=O) groups is 1. The Bertz CT molecular complexity index is 1110. The molecule has 3 rings (SSSR count). The second kappa shape index (κ2) is 8.73. The van der Waals surface area contributed by atoms with E-state index in [1.54, 1.807) is 12.1 Å². The smallest absolute Gasteiger partial charge is 0.264 e. The van der Waals surface area contributed by atoms with Gasteiger partial charge >= 0.3 is 0 Å². The highest BCUT2D eigenvalue weighted by molar-refractivity contribution is 7.89. The number of thiazole rings is 1. The zero-order valence-corrected chi connectivity index (χ0v) is 17.6. The number of amides is 1. The molecule has 1 aromatic heterocycles. The van der Waals surface area contributed by atoms with Gasteiger partial charge in [-0.1, -0.05) is 29.8 Å². The van der Waals surface area contributed by atoms with Crippen molar-refractivity contribution in [3.05, 3.63) is 70.2 Å². The Labute approximate surface area is 173 Å². The second-order valence-electron chi connectivity index (χ2n) is 6.54. The molecule has 0 aliphatic heterocycles. The fraction of sp³-hybridized carbons (Fsp3) is 0.200. The van der Waals surface area contributed by atoms with Crippen LogP contribution in [0.4, 0.5) is 5.13 Å². The van der Waals surface area contributed by atoms with Gasteiger partial charge in [-0.25, -0.2) is 18.5 Å². The number of hydrogen-bond donors (Lipinski definition) is 2. The Morgan fingerprint density at radius 1 is 1.10 bits per heavy atom. The van der Waals surface area contributed by atoms with Crippen LogP contribution in [0.2, 0.25) is 0 Å². The predicted molar refractivity (Wildman–Crippen MR) is 113 cm³/mol. The lowest BCUT2D eigenvalue weighted by molar-refractivity contribution is -0.118. The van der Waals surface area contributed by atoms with Crippen LogP contribution in [0.25, 0.3) is 0 Å². The molecule has 0 spiro atoms.